The van der Waals surface area contributed by atoms with Crippen molar-refractivity contribution in [2.75, 3.05) is 0 Å². The van der Waals surface area contributed by atoms with Crippen LogP contribution in [-0.4, -0.2) is 16.8 Å². The SMILES string of the molecule is O=C(NC1CCCCC1Br)c1ccc(Br)cc1Br. The number of nitrogens with one attached hydrogen (secondary N) is 1. The normalized spacial score (nSPS) is 23.7. The number of carbonyl (C=O) groups is 1. The highest BCUT2D eigenvalue weighted by molar-refractivity contribution is 9.11. The van der Waals surface area contributed by atoms with Gasteiger partial charge in [-0.1, -0.05) is 44.7 Å². The summed E-state index contributed by atoms with van der Waals surface area (Å²) in [4.78, 5) is 12.6. The Bertz CT molecular complexity index is 450. The molecule has 98 valence electrons. The zero-order chi connectivity index (χ0) is 13.1. The van der Waals surface area contributed by atoms with E-state index in [9.17, 15) is 4.79 Å². The van der Waals surface area contributed by atoms with E-state index in [1.807, 2.05) is 18.2 Å². The van der Waals surface area contributed by atoms with Gasteiger partial charge in [-0.15, -0.1) is 0 Å². The van der Waals surface area contributed by atoms with E-state index in [-0.39, 0.29) is 11.9 Å². The molecule has 0 aromatic heterocycles. The van der Waals surface area contributed by atoms with Crippen molar-refractivity contribution in [2.45, 2.75) is 36.6 Å². The van der Waals surface area contributed by atoms with Crippen molar-refractivity contribution in [3.8, 4) is 0 Å². The number of hydrogen-bond donors (Lipinski definition) is 1. The maximum Gasteiger partial charge on any atom is 0.252 e. The van der Waals surface area contributed by atoms with E-state index in [4.69, 9.17) is 0 Å². The Morgan fingerprint density at radius 2 is 1.94 bits per heavy atom. The third-order valence-electron chi connectivity index (χ3n) is 3.17. The molecule has 0 saturated heterocycles. The lowest BCUT2D eigenvalue weighted by atomic mass is 9.95. The van der Waals surface area contributed by atoms with Crippen LogP contribution in [-0.2, 0) is 0 Å². The first-order valence-corrected chi connectivity index (χ1v) is 8.48. The third kappa shape index (κ3) is 3.58. The van der Waals surface area contributed by atoms with Gasteiger partial charge in [-0.2, -0.15) is 0 Å². The molecule has 0 radical (unpaired) electrons. The lowest BCUT2D eigenvalue weighted by Gasteiger charge is -2.28. The fourth-order valence-electron chi connectivity index (χ4n) is 2.17. The molecule has 1 saturated carbocycles. The van der Waals surface area contributed by atoms with E-state index in [1.54, 1.807) is 0 Å². The molecule has 1 aliphatic rings. The molecular weight excluding hydrogens is 426 g/mol. The van der Waals surface area contributed by atoms with Crippen LogP contribution in [0, 0.1) is 0 Å². The van der Waals surface area contributed by atoms with Crippen molar-refractivity contribution in [3.63, 3.8) is 0 Å². The lowest BCUT2D eigenvalue weighted by molar-refractivity contribution is 0.0929. The minimum Gasteiger partial charge on any atom is -0.348 e. The predicted octanol–water partition coefficient (Wildman–Crippen LogP) is 4.65. The quantitative estimate of drug-likeness (QED) is 0.668. The van der Waals surface area contributed by atoms with Crippen LogP contribution < -0.4 is 5.32 Å². The topological polar surface area (TPSA) is 29.1 Å². The van der Waals surface area contributed by atoms with Crippen molar-refractivity contribution >= 4 is 53.7 Å². The largest absolute Gasteiger partial charge is 0.348 e. The molecule has 1 N–H and O–H groups in total. The van der Waals surface area contributed by atoms with Crippen molar-refractivity contribution in [3.05, 3.63) is 32.7 Å². The Labute approximate surface area is 132 Å². The summed E-state index contributed by atoms with van der Waals surface area (Å²) >= 11 is 10.5. The van der Waals surface area contributed by atoms with Crippen molar-refractivity contribution in [1.82, 2.24) is 5.32 Å². The molecule has 18 heavy (non-hydrogen) atoms. The molecule has 2 atom stereocenters. The van der Waals surface area contributed by atoms with Crippen molar-refractivity contribution < 1.29 is 4.79 Å². The van der Waals surface area contributed by atoms with Crippen LogP contribution in [0.4, 0.5) is 0 Å². The average molecular weight is 440 g/mol. The van der Waals surface area contributed by atoms with E-state index in [0.29, 0.717) is 10.4 Å². The van der Waals surface area contributed by atoms with Crippen LogP contribution in [0.2, 0.25) is 0 Å². The molecule has 1 amide bonds. The standard InChI is InChI=1S/C13H14Br3NO/c14-8-5-6-9(11(16)7-8)13(18)17-12-4-2-1-3-10(12)15/h5-7,10,12H,1-4H2,(H,17,18). The first kappa shape index (κ1) is 14.5. The van der Waals surface area contributed by atoms with Gasteiger partial charge < -0.3 is 5.32 Å². The number of rotatable bonds is 2. The van der Waals surface area contributed by atoms with Crippen LogP contribution in [0.15, 0.2) is 27.1 Å². The summed E-state index contributed by atoms with van der Waals surface area (Å²) in [7, 11) is 0. The van der Waals surface area contributed by atoms with Gasteiger partial charge in [0.2, 0.25) is 0 Å². The third-order valence-corrected chi connectivity index (χ3v) is 5.42. The lowest BCUT2D eigenvalue weighted by Crippen LogP contribution is -2.42. The number of amides is 1. The van der Waals surface area contributed by atoms with E-state index in [0.717, 1.165) is 21.8 Å². The van der Waals surface area contributed by atoms with Gasteiger partial charge in [0.25, 0.3) is 5.91 Å². The van der Waals surface area contributed by atoms with Gasteiger partial charge in [0.1, 0.15) is 0 Å². The second-order valence-corrected chi connectivity index (χ2v) is 7.45. The Hall–Kier alpha value is 0.130. The minimum absolute atomic E-state index is 0.00859. The number of benzene rings is 1. The monoisotopic (exact) mass is 437 g/mol. The van der Waals surface area contributed by atoms with Gasteiger partial charge in [-0.3, -0.25) is 4.79 Å². The van der Waals surface area contributed by atoms with Crippen LogP contribution >= 0.6 is 47.8 Å². The number of halogens is 3. The molecule has 2 rings (SSSR count). The van der Waals surface area contributed by atoms with Crippen LogP contribution in [0.1, 0.15) is 36.0 Å². The molecule has 1 fully saturated rings. The van der Waals surface area contributed by atoms with Gasteiger partial charge in [0.15, 0.2) is 0 Å². The molecule has 1 aliphatic carbocycles. The van der Waals surface area contributed by atoms with Crippen LogP contribution in [0.25, 0.3) is 0 Å². The number of alkyl halides is 1. The molecule has 1 aromatic carbocycles. The summed E-state index contributed by atoms with van der Waals surface area (Å²) in [5.41, 5.74) is 0.684. The van der Waals surface area contributed by atoms with Crippen LogP contribution in [0.5, 0.6) is 0 Å². The molecule has 2 nitrogen and oxygen atoms in total. The van der Waals surface area contributed by atoms with E-state index < -0.39 is 0 Å². The molecule has 0 bridgehead atoms. The fourth-order valence-corrected chi connectivity index (χ4v) is 4.12. The molecule has 1 aromatic rings. The second kappa shape index (κ2) is 6.53. The first-order valence-electron chi connectivity index (χ1n) is 5.98. The van der Waals surface area contributed by atoms with Crippen molar-refractivity contribution in [1.29, 1.82) is 0 Å². The van der Waals surface area contributed by atoms with Gasteiger partial charge in [0, 0.05) is 19.8 Å². The Morgan fingerprint density at radius 1 is 1.22 bits per heavy atom. The average Bonchev–Trinajstić information content (AvgIpc) is 2.32. The molecule has 0 heterocycles. The van der Waals surface area contributed by atoms with E-state index >= 15 is 0 Å². The molecule has 2 unspecified atom stereocenters. The number of hydrogen-bond acceptors (Lipinski definition) is 1. The Kier molecular flexibility index (Phi) is 5.27. The number of carbonyl (C=O) groups excluding carboxylic acids is 1. The molecule has 5 heteroatoms. The summed E-state index contributed by atoms with van der Waals surface area (Å²) < 4.78 is 1.78. The van der Waals surface area contributed by atoms with E-state index in [1.165, 1.54) is 12.8 Å². The summed E-state index contributed by atoms with van der Waals surface area (Å²) in [6.07, 6.45) is 4.61. The zero-order valence-corrected chi connectivity index (χ0v) is 14.5. The fraction of sp³-hybridized carbons (Fsp3) is 0.462. The summed E-state index contributed by atoms with van der Waals surface area (Å²) in [5.74, 6) is -0.00859. The smallest absolute Gasteiger partial charge is 0.252 e. The van der Waals surface area contributed by atoms with E-state index in [2.05, 4.69) is 53.1 Å². The molecular formula is C13H14Br3NO. The summed E-state index contributed by atoms with van der Waals surface area (Å²) in [6.45, 7) is 0. The highest BCUT2D eigenvalue weighted by Crippen LogP contribution is 2.26. The minimum atomic E-state index is -0.00859. The predicted molar refractivity (Wildman–Crippen MR) is 84.3 cm³/mol. The highest BCUT2D eigenvalue weighted by atomic mass is 79.9. The first-order chi connectivity index (χ1) is 8.58. The van der Waals surface area contributed by atoms with Gasteiger partial charge in [-0.25, -0.2) is 0 Å². The Balaban J connectivity index is 2.07. The van der Waals surface area contributed by atoms with Gasteiger partial charge in [-0.05, 0) is 47.0 Å². The summed E-state index contributed by atoms with van der Waals surface area (Å²) in [6, 6.07) is 5.84. The summed E-state index contributed by atoms with van der Waals surface area (Å²) in [5, 5.41) is 3.11. The second-order valence-electron chi connectivity index (χ2n) is 4.50. The van der Waals surface area contributed by atoms with Crippen LogP contribution in [0.3, 0.4) is 0 Å². The van der Waals surface area contributed by atoms with Crippen molar-refractivity contribution in [2.24, 2.45) is 0 Å². The maximum absolute atomic E-state index is 12.2. The van der Waals surface area contributed by atoms with Gasteiger partial charge >= 0.3 is 0 Å². The maximum atomic E-state index is 12.2. The van der Waals surface area contributed by atoms with Gasteiger partial charge in [0.05, 0.1) is 5.56 Å². The Morgan fingerprint density at radius 3 is 2.61 bits per heavy atom. The molecule has 0 spiro atoms. The zero-order valence-electron chi connectivity index (χ0n) is 9.76. The molecule has 0 aliphatic heterocycles. The highest BCUT2D eigenvalue weighted by Gasteiger charge is 2.25.